The number of nitrogens with zero attached hydrogens (tertiary/aromatic N) is 1. The van der Waals surface area contributed by atoms with Crippen LogP contribution in [0.5, 0.6) is 5.75 Å². The molecule has 0 fully saturated rings. The summed E-state index contributed by atoms with van der Waals surface area (Å²) in [7, 11) is 1.28. The Bertz CT molecular complexity index is 954. The Hall–Kier alpha value is -3.75. The van der Waals surface area contributed by atoms with Gasteiger partial charge in [-0.15, -0.1) is 0 Å². The predicted molar refractivity (Wildman–Crippen MR) is 108 cm³/mol. The number of carbonyl (C=O) groups is 3. The van der Waals surface area contributed by atoms with Gasteiger partial charge < -0.3 is 14.8 Å². The molecule has 1 amide bonds. The fourth-order valence-electron chi connectivity index (χ4n) is 2.66. The van der Waals surface area contributed by atoms with E-state index < -0.39 is 29.4 Å². The van der Waals surface area contributed by atoms with Gasteiger partial charge in [0.05, 0.1) is 12.0 Å². The molecule has 2 rings (SSSR count). The number of carbonyl (C=O) groups excluding carboxylic acids is 3. The van der Waals surface area contributed by atoms with Gasteiger partial charge in [0, 0.05) is 17.2 Å². The molecule has 0 bridgehead atoms. The number of esters is 1. The highest BCUT2D eigenvalue weighted by molar-refractivity contribution is 6.00. The van der Waals surface area contributed by atoms with Crippen molar-refractivity contribution >= 4 is 23.3 Å². The number of rotatable bonds is 9. The highest BCUT2D eigenvalue weighted by atomic mass is 16.6. The minimum Gasteiger partial charge on any atom is -0.490 e. The number of ketones is 1. The number of hydrogen-bond acceptors (Lipinski definition) is 7. The molecule has 9 heteroatoms. The van der Waals surface area contributed by atoms with Gasteiger partial charge >= 0.3 is 11.7 Å². The van der Waals surface area contributed by atoms with Crippen LogP contribution in [0.3, 0.4) is 0 Å². The number of Topliss-reactive ketones (excluding diaryl/α,β-unsaturated/α-hetero) is 1. The first-order valence-electron chi connectivity index (χ1n) is 9.20. The van der Waals surface area contributed by atoms with Crippen LogP contribution in [0.1, 0.15) is 40.1 Å². The van der Waals surface area contributed by atoms with E-state index in [2.05, 4.69) is 5.32 Å². The highest BCUT2D eigenvalue weighted by Crippen LogP contribution is 2.27. The standard InChI is InChI=1S/C21H22N2O7/c1-4-14-5-7-15(8-6-14)20(25)13(2)30-19(24)12-22-21(26)16-9-10-18(29-3)17(11-16)23(27)28/h5-11,13H,4,12H2,1-3H3,(H,22,26)/t13-/m0/s1. The molecule has 9 nitrogen and oxygen atoms in total. The zero-order chi connectivity index (χ0) is 22.3. The predicted octanol–water partition coefficient (Wildman–Crippen LogP) is 2.71. The average molecular weight is 414 g/mol. The van der Waals surface area contributed by atoms with Crippen molar-refractivity contribution in [1.82, 2.24) is 5.32 Å². The number of methoxy groups -OCH3 is 1. The van der Waals surface area contributed by atoms with E-state index in [1.807, 2.05) is 19.1 Å². The molecule has 1 N–H and O–H groups in total. The third kappa shape index (κ3) is 5.63. The maximum Gasteiger partial charge on any atom is 0.326 e. The van der Waals surface area contributed by atoms with E-state index >= 15 is 0 Å². The zero-order valence-electron chi connectivity index (χ0n) is 16.8. The van der Waals surface area contributed by atoms with Crippen molar-refractivity contribution in [2.24, 2.45) is 0 Å². The number of nitro groups is 1. The fraction of sp³-hybridized carbons (Fsp3) is 0.286. The van der Waals surface area contributed by atoms with Gasteiger partial charge in [-0.05, 0) is 31.0 Å². The van der Waals surface area contributed by atoms with Crippen molar-refractivity contribution in [2.45, 2.75) is 26.4 Å². The van der Waals surface area contributed by atoms with E-state index in [-0.39, 0.29) is 22.8 Å². The summed E-state index contributed by atoms with van der Waals surface area (Å²) in [6.07, 6.45) is -0.181. The molecule has 0 aliphatic carbocycles. The number of amides is 1. The Morgan fingerprint density at radius 2 is 1.73 bits per heavy atom. The summed E-state index contributed by atoms with van der Waals surface area (Å²) in [6.45, 7) is 2.95. The molecule has 0 saturated heterocycles. The van der Waals surface area contributed by atoms with E-state index in [4.69, 9.17) is 9.47 Å². The first kappa shape index (κ1) is 22.5. The van der Waals surface area contributed by atoms with Crippen molar-refractivity contribution in [2.75, 3.05) is 13.7 Å². The molecule has 0 saturated carbocycles. The van der Waals surface area contributed by atoms with Crippen LogP contribution >= 0.6 is 0 Å². The first-order valence-corrected chi connectivity index (χ1v) is 9.20. The summed E-state index contributed by atoms with van der Waals surface area (Å²) >= 11 is 0. The Morgan fingerprint density at radius 1 is 1.10 bits per heavy atom. The number of hydrogen-bond donors (Lipinski definition) is 1. The van der Waals surface area contributed by atoms with E-state index in [0.29, 0.717) is 5.56 Å². The van der Waals surface area contributed by atoms with E-state index in [0.717, 1.165) is 18.1 Å². The Morgan fingerprint density at radius 3 is 2.30 bits per heavy atom. The molecule has 0 radical (unpaired) electrons. The lowest BCUT2D eigenvalue weighted by Gasteiger charge is -2.13. The molecule has 1 atom stereocenters. The topological polar surface area (TPSA) is 125 Å². The molecular weight excluding hydrogens is 392 g/mol. The third-order valence-electron chi connectivity index (χ3n) is 4.36. The van der Waals surface area contributed by atoms with Gasteiger partial charge in [0.1, 0.15) is 6.54 Å². The minimum absolute atomic E-state index is 0.00951. The van der Waals surface area contributed by atoms with Crippen LogP contribution < -0.4 is 10.1 Å². The fourth-order valence-corrected chi connectivity index (χ4v) is 2.66. The van der Waals surface area contributed by atoms with Crippen LogP contribution in [0.15, 0.2) is 42.5 Å². The van der Waals surface area contributed by atoms with Crippen molar-refractivity contribution < 1.29 is 28.8 Å². The van der Waals surface area contributed by atoms with E-state index in [1.165, 1.54) is 26.2 Å². The number of nitro benzene ring substituents is 1. The summed E-state index contributed by atoms with van der Waals surface area (Å²) in [5.74, 6) is -1.86. The summed E-state index contributed by atoms with van der Waals surface area (Å²) in [5, 5.41) is 13.4. The summed E-state index contributed by atoms with van der Waals surface area (Å²) in [4.78, 5) is 46.9. The first-order chi connectivity index (χ1) is 14.3. The Kier molecular flexibility index (Phi) is 7.62. The maximum atomic E-state index is 12.4. The molecule has 0 unspecified atom stereocenters. The quantitative estimate of drug-likeness (QED) is 0.289. The van der Waals surface area contributed by atoms with Gasteiger partial charge in [0.2, 0.25) is 5.78 Å². The van der Waals surface area contributed by atoms with Gasteiger partial charge in [-0.25, -0.2) is 0 Å². The third-order valence-corrected chi connectivity index (χ3v) is 4.36. The second kappa shape index (κ2) is 10.1. The molecule has 30 heavy (non-hydrogen) atoms. The highest BCUT2D eigenvalue weighted by Gasteiger charge is 2.21. The molecule has 2 aromatic rings. The molecule has 0 heterocycles. The number of benzene rings is 2. The molecule has 0 aromatic heterocycles. The summed E-state index contributed by atoms with van der Waals surface area (Å²) in [5.41, 5.74) is 1.11. The lowest BCUT2D eigenvalue weighted by Crippen LogP contribution is -2.34. The zero-order valence-corrected chi connectivity index (χ0v) is 16.8. The minimum atomic E-state index is -1.02. The lowest BCUT2D eigenvalue weighted by molar-refractivity contribution is -0.385. The largest absolute Gasteiger partial charge is 0.490 e. The average Bonchev–Trinajstić information content (AvgIpc) is 2.76. The van der Waals surface area contributed by atoms with Crippen molar-refractivity contribution in [3.8, 4) is 5.75 Å². The van der Waals surface area contributed by atoms with Crippen molar-refractivity contribution in [1.29, 1.82) is 0 Å². The second-order valence-electron chi connectivity index (χ2n) is 6.37. The van der Waals surface area contributed by atoms with Crippen LogP contribution in [-0.4, -0.2) is 42.3 Å². The SMILES string of the molecule is CCc1ccc(C(=O)[C@H](C)OC(=O)CNC(=O)c2ccc(OC)c([N+](=O)[O-])c2)cc1. The molecule has 0 spiro atoms. The molecule has 158 valence electrons. The maximum absolute atomic E-state index is 12.4. The van der Waals surface area contributed by atoms with Gasteiger partial charge in [-0.1, -0.05) is 31.2 Å². The van der Waals surface area contributed by atoms with Crippen LogP contribution in [-0.2, 0) is 16.0 Å². The monoisotopic (exact) mass is 414 g/mol. The number of nitrogens with one attached hydrogen (secondary N) is 1. The second-order valence-corrected chi connectivity index (χ2v) is 6.37. The van der Waals surface area contributed by atoms with Gasteiger partial charge in [0.15, 0.2) is 11.9 Å². The van der Waals surface area contributed by atoms with Crippen LogP contribution in [0.2, 0.25) is 0 Å². The Balaban J connectivity index is 1.93. The number of ether oxygens (including phenoxy) is 2. The van der Waals surface area contributed by atoms with Crippen molar-refractivity contribution in [3.63, 3.8) is 0 Å². The molecule has 0 aliphatic heterocycles. The van der Waals surface area contributed by atoms with Gasteiger partial charge in [-0.3, -0.25) is 24.5 Å². The molecular formula is C21H22N2O7. The van der Waals surface area contributed by atoms with Crippen LogP contribution in [0, 0.1) is 10.1 Å². The van der Waals surface area contributed by atoms with Gasteiger partial charge in [-0.2, -0.15) is 0 Å². The number of aryl methyl sites for hydroxylation is 1. The van der Waals surface area contributed by atoms with Crippen LogP contribution in [0.25, 0.3) is 0 Å². The Labute approximate surface area is 173 Å². The van der Waals surface area contributed by atoms with E-state index in [1.54, 1.807) is 12.1 Å². The van der Waals surface area contributed by atoms with Crippen LogP contribution in [0.4, 0.5) is 5.69 Å². The lowest BCUT2D eigenvalue weighted by atomic mass is 10.0. The summed E-state index contributed by atoms with van der Waals surface area (Å²) < 4.78 is 9.95. The smallest absolute Gasteiger partial charge is 0.326 e. The van der Waals surface area contributed by atoms with Crippen molar-refractivity contribution in [3.05, 3.63) is 69.3 Å². The molecule has 0 aliphatic rings. The normalized spacial score (nSPS) is 11.3. The van der Waals surface area contributed by atoms with Gasteiger partial charge in [0.25, 0.3) is 5.91 Å². The van der Waals surface area contributed by atoms with E-state index in [9.17, 15) is 24.5 Å². The summed E-state index contributed by atoms with van der Waals surface area (Å²) in [6, 6.07) is 10.7. The molecule has 2 aromatic carbocycles.